The number of likely N-dealkylation sites (tertiary alicyclic amines) is 1. The number of methoxy groups -OCH3 is 1. The van der Waals surface area contributed by atoms with Gasteiger partial charge in [0.2, 0.25) is 5.91 Å². The third kappa shape index (κ3) is 6.46. The van der Waals surface area contributed by atoms with E-state index < -0.39 is 0 Å². The molecule has 0 aromatic heterocycles. The third-order valence-corrected chi connectivity index (χ3v) is 4.22. The SMILES string of the molecule is COC(=O)CN(C)C1CCC(=O)N(CCCC(C)C)CC1. The van der Waals surface area contributed by atoms with Gasteiger partial charge < -0.3 is 9.64 Å². The second-order valence-electron chi connectivity index (χ2n) is 6.39. The zero-order valence-corrected chi connectivity index (χ0v) is 13.9. The first-order chi connectivity index (χ1) is 9.93. The van der Waals surface area contributed by atoms with Crippen LogP contribution in [0.1, 0.15) is 46.0 Å². The summed E-state index contributed by atoms with van der Waals surface area (Å²) >= 11 is 0. The van der Waals surface area contributed by atoms with Crippen molar-refractivity contribution in [2.75, 3.05) is 33.8 Å². The highest BCUT2D eigenvalue weighted by atomic mass is 16.5. The number of nitrogens with zero attached hydrogens (tertiary/aromatic N) is 2. The number of carbonyl (C=O) groups excluding carboxylic acids is 2. The highest BCUT2D eigenvalue weighted by Crippen LogP contribution is 2.17. The Labute approximate surface area is 128 Å². The summed E-state index contributed by atoms with van der Waals surface area (Å²) < 4.78 is 4.70. The number of hydrogen-bond donors (Lipinski definition) is 0. The fourth-order valence-corrected chi connectivity index (χ4v) is 2.79. The Morgan fingerprint density at radius 2 is 2.14 bits per heavy atom. The van der Waals surface area contributed by atoms with Crippen molar-refractivity contribution in [2.24, 2.45) is 5.92 Å². The molecule has 0 radical (unpaired) electrons. The fraction of sp³-hybridized carbons (Fsp3) is 0.875. The lowest BCUT2D eigenvalue weighted by atomic mass is 10.1. The van der Waals surface area contributed by atoms with Crippen molar-refractivity contribution in [1.82, 2.24) is 9.80 Å². The Hall–Kier alpha value is -1.10. The number of esters is 1. The van der Waals surface area contributed by atoms with Gasteiger partial charge >= 0.3 is 5.97 Å². The molecule has 1 saturated heterocycles. The van der Waals surface area contributed by atoms with Gasteiger partial charge in [-0.15, -0.1) is 0 Å². The van der Waals surface area contributed by atoms with Crippen LogP contribution in [-0.4, -0.2) is 61.5 Å². The van der Waals surface area contributed by atoms with Gasteiger partial charge in [-0.3, -0.25) is 14.5 Å². The van der Waals surface area contributed by atoms with E-state index in [9.17, 15) is 9.59 Å². The van der Waals surface area contributed by atoms with Gasteiger partial charge in [0.1, 0.15) is 0 Å². The highest BCUT2D eigenvalue weighted by molar-refractivity contribution is 5.76. The summed E-state index contributed by atoms with van der Waals surface area (Å²) in [7, 11) is 3.34. The van der Waals surface area contributed by atoms with Crippen molar-refractivity contribution in [3.8, 4) is 0 Å². The molecule has 0 N–H and O–H groups in total. The van der Waals surface area contributed by atoms with Crippen molar-refractivity contribution in [3.63, 3.8) is 0 Å². The average molecular weight is 298 g/mol. The number of ether oxygens (including phenoxy) is 1. The zero-order valence-electron chi connectivity index (χ0n) is 13.9. The van der Waals surface area contributed by atoms with E-state index in [1.54, 1.807) is 0 Å². The molecule has 1 amide bonds. The lowest BCUT2D eigenvalue weighted by Gasteiger charge is -2.26. The number of likely N-dealkylation sites (N-methyl/N-ethyl adjacent to an activating group) is 1. The number of rotatable bonds is 7. The molecular weight excluding hydrogens is 268 g/mol. The van der Waals surface area contributed by atoms with Crippen molar-refractivity contribution in [2.45, 2.75) is 52.0 Å². The lowest BCUT2D eigenvalue weighted by Crippen LogP contribution is -2.37. The lowest BCUT2D eigenvalue weighted by molar-refractivity contribution is -0.142. The first-order valence-electron chi connectivity index (χ1n) is 7.98. The first-order valence-corrected chi connectivity index (χ1v) is 7.98. The largest absolute Gasteiger partial charge is 0.468 e. The Kier molecular flexibility index (Phi) is 7.72. The van der Waals surface area contributed by atoms with Gasteiger partial charge in [-0.25, -0.2) is 0 Å². The van der Waals surface area contributed by atoms with Crippen molar-refractivity contribution < 1.29 is 14.3 Å². The monoisotopic (exact) mass is 298 g/mol. The number of amides is 1. The van der Waals surface area contributed by atoms with Crippen LogP contribution < -0.4 is 0 Å². The van der Waals surface area contributed by atoms with Crippen LogP contribution in [0.4, 0.5) is 0 Å². The van der Waals surface area contributed by atoms with E-state index in [2.05, 4.69) is 13.8 Å². The van der Waals surface area contributed by atoms with E-state index in [4.69, 9.17) is 4.74 Å². The molecule has 1 unspecified atom stereocenters. The molecule has 1 aliphatic heterocycles. The first kappa shape index (κ1) is 18.0. The summed E-state index contributed by atoms with van der Waals surface area (Å²) in [5.74, 6) is 0.723. The molecule has 1 rings (SSSR count). The molecule has 21 heavy (non-hydrogen) atoms. The maximum atomic E-state index is 12.2. The van der Waals surface area contributed by atoms with Gasteiger partial charge in [0, 0.05) is 25.6 Å². The van der Waals surface area contributed by atoms with E-state index >= 15 is 0 Å². The van der Waals surface area contributed by atoms with E-state index in [1.165, 1.54) is 7.11 Å². The quantitative estimate of drug-likeness (QED) is 0.674. The van der Waals surface area contributed by atoms with Gasteiger partial charge in [-0.1, -0.05) is 13.8 Å². The van der Waals surface area contributed by atoms with Crippen LogP contribution in [0.25, 0.3) is 0 Å². The second kappa shape index (κ2) is 9.03. The predicted octanol–water partition coefficient (Wildman–Crippen LogP) is 1.91. The topological polar surface area (TPSA) is 49.9 Å². The zero-order chi connectivity index (χ0) is 15.8. The van der Waals surface area contributed by atoms with Gasteiger partial charge in [0.25, 0.3) is 0 Å². The van der Waals surface area contributed by atoms with Crippen LogP contribution in [0.15, 0.2) is 0 Å². The smallest absolute Gasteiger partial charge is 0.319 e. The molecule has 5 nitrogen and oxygen atoms in total. The van der Waals surface area contributed by atoms with Crippen molar-refractivity contribution >= 4 is 11.9 Å². The molecule has 0 saturated carbocycles. The summed E-state index contributed by atoms with van der Waals surface area (Å²) in [4.78, 5) is 27.5. The average Bonchev–Trinajstić information content (AvgIpc) is 2.61. The van der Waals surface area contributed by atoms with Crippen LogP contribution in [0.2, 0.25) is 0 Å². The Morgan fingerprint density at radius 1 is 1.43 bits per heavy atom. The number of hydrogen-bond acceptors (Lipinski definition) is 4. The van der Waals surface area contributed by atoms with Gasteiger partial charge in [-0.2, -0.15) is 0 Å². The van der Waals surface area contributed by atoms with Crippen LogP contribution >= 0.6 is 0 Å². The van der Waals surface area contributed by atoms with Crippen LogP contribution in [0.3, 0.4) is 0 Å². The van der Waals surface area contributed by atoms with Gasteiger partial charge in [0.05, 0.1) is 13.7 Å². The van der Waals surface area contributed by atoms with Crippen LogP contribution in [0.5, 0.6) is 0 Å². The van der Waals surface area contributed by atoms with E-state index in [0.717, 1.165) is 38.8 Å². The van der Waals surface area contributed by atoms with Gasteiger partial charge in [-0.05, 0) is 38.6 Å². The molecule has 0 spiro atoms. The molecule has 122 valence electrons. The molecule has 1 atom stereocenters. The van der Waals surface area contributed by atoms with E-state index in [0.29, 0.717) is 18.9 Å². The normalized spacial score (nSPS) is 20.0. The summed E-state index contributed by atoms with van der Waals surface area (Å²) in [5, 5.41) is 0. The Morgan fingerprint density at radius 3 is 2.76 bits per heavy atom. The molecule has 1 fully saturated rings. The summed E-state index contributed by atoms with van der Waals surface area (Å²) in [6.07, 6.45) is 4.58. The molecule has 0 aliphatic carbocycles. The maximum Gasteiger partial charge on any atom is 0.319 e. The van der Waals surface area contributed by atoms with Crippen molar-refractivity contribution in [3.05, 3.63) is 0 Å². The fourth-order valence-electron chi connectivity index (χ4n) is 2.79. The Bertz CT molecular complexity index is 344. The van der Waals surface area contributed by atoms with Crippen molar-refractivity contribution in [1.29, 1.82) is 0 Å². The molecular formula is C16H30N2O3. The highest BCUT2D eigenvalue weighted by Gasteiger charge is 2.25. The minimum absolute atomic E-state index is 0.220. The maximum absolute atomic E-state index is 12.2. The molecule has 1 heterocycles. The molecule has 0 bridgehead atoms. The Balaban J connectivity index is 2.43. The van der Waals surface area contributed by atoms with Crippen LogP contribution in [0, 0.1) is 5.92 Å². The molecule has 0 aromatic carbocycles. The number of carbonyl (C=O) groups is 2. The third-order valence-electron chi connectivity index (χ3n) is 4.22. The van der Waals surface area contributed by atoms with E-state index in [1.807, 2.05) is 16.8 Å². The molecule has 0 aromatic rings. The summed E-state index contributed by atoms with van der Waals surface area (Å²) in [5.41, 5.74) is 0. The predicted molar refractivity (Wildman–Crippen MR) is 82.9 cm³/mol. The molecule has 1 aliphatic rings. The standard InChI is InChI=1S/C16H30N2O3/c1-13(2)6-5-10-18-11-9-14(7-8-15(18)19)17(3)12-16(20)21-4/h13-14H,5-12H2,1-4H3. The summed E-state index contributed by atoms with van der Waals surface area (Å²) in [6, 6.07) is 0.281. The molecule has 5 heteroatoms. The minimum Gasteiger partial charge on any atom is -0.468 e. The van der Waals surface area contributed by atoms with E-state index in [-0.39, 0.29) is 17.9 Å². The summed E-state index contributed by atoms with van der Waals surface area (Å²) in [6.45, 7) is 6.38. The van der Waals surface area contributed by atoms with Gasteiger partial charge in [0.15, 0.2) is 0 Å². The van der Waals surface area contributed by atoms with Crippen LogP contribution in [-0.2, 0) is 14.3 Å². The second-order valence-corrected chi connectivity index (χ2v) is 6.39. The minimum atomic E-state index is -0.220.